The molecule has 2 aromatic rings. The molecule has 2 aliphatic rings. The summed E-state index contributed by atoms with van der Waals surface area (Å²) >= 11 is 5.16. The Labute approximate surface area is 242 Å². The first-order valence-electron chi connectivity index (χ1n) is 12.7. The van der Waals surface area contributed by atoms with Gasteiger partial charge in [-0.3, -0.25) is 8.98 Å². The van der Waals surface area contributed by atoms with Gasteiger partial charge in [-0.25, -0.2) is 0 Å². The minimum Gasteiger partial charge on any atom is -0.468 e. The van der Waals surface area contributed by atoms with Crippen molar-refractivity contribution in [3.63, 3.8) is 0 Å². The molecule has 0 spiro atoms. The van der Waals surface area contributed by atoms with Crippen LogP contribution in [0.5, 0.6) is 0 Å². The Morgan fingerprint density at radius 2 is 1.93 bits per heavy atom. The van der Waals surface area contributed by atoms with Crippen molar-refractivity contribution in [2.45, 2.75) is 57.2 Å². The van der Waals surface area contributed by atoms with Crippen LogP contribution in [0, 0.1) is 12.3 Å². The van der Waals surface area contributed by atoms with Crippen LogP contribution in [0.4, 0.5) is 30.2 Å². The summed E-state index contributed by atoms with van der Waals surface area (Å²) in [7, 11) is -5.80. The molecule has 2 aromatic carbocycles. The number of nitrogens with zero attached hydrogens (tertiary/aromatic N) is 1. The highest BCUT2D eigenvalue weighted by Crippen LogP contribution is 2.43. The molecule has 1 amide bonds. The number of carbonyl (C=O) groups excluding carboxylic acids is 1. The molecule has 0 aromatic heterocycles. The highest BCUT2D eigenvalue weighted by Gasteiger charge is 2.49. The number of rotatable bonds is 7. The van der Waals surface area contributed by atoms with Crippen molar-refractivity contribution in [2.24, 2.45) is 0 Å². The molecule has 218 valence electrons. The summed E-state index contributed by atoms with van der Waals surface area (Å²) in [6.45, 7) is 3.80. The van der Waals surface area contributed by atoms with Gasteiger partial charge in [-0.15, -0.1) is 6.42 Å². The van der Waals surface area contributed by atoms with E-state index in [2.05, 4.69) is 20.7 Å². The van der Waals surface area contributed by atoms with E-state index in [4.69, 9.17) is 23.4 Å². The highest BCUT2D eigenvalue weighted by atomic mass is 32.2. The summed E-state index contributed by atoms with van der Waals surface area (Å²) in [6, 6.07) is 11.8. The highest BCUT2D eigenvalue weighted by molar-refractivity contribution is 7.87. The molecule has 1 aliphatic carbocycles. The maximum Gasteiger partial charge on any atom is 0.523 e. The monoisotopic (exact) mass is 607 g/mol. The Bertz CT molecular complexity index is 1530. The first-order chi connectivity index (χ1) is 19.3. The third-order valence-electron chi connectivity index (χ3n) is 6.46. The zero-order valence-electron chi connectivity index (χ0n) is 22.2. The van der Waals surface area contributed by atoms with Gasteiger partial charge in [-0.1, -0.05) is 12.0 Å². The van der Waals surface area contributed by atoms with Crippen molar-refractivity contribution < 1.29 is 35.3 Å². The molecule has 41 heavy (non-hydrogen) atoms. The lowest BCUT2D eigenvalue weighted by molar-refractivity contribution is -0.0567. The van der Waals surface area contributed by atoms with E-state index < -0.39 is 27.6 Å². The Kier molecular flexibility index (Phi) is 8.96. The molecule has 2 N–H and O–H groups in total. The molecule has 0 fully saturated rings. The summed E-state index contributed by atoms with van der Waals surface area (Å²) in [5, 5.41) is 5.92. The van der Waals surface area contributed by atoms with Crippen molar-refractivity contribution >= 4 is 50.5 Å². The minimum absolute atomic E-state index is 0.111. The van der Waals surface area contributed by atoms with E-state index in [1.165, 1.54) is 0 Å². The number of thiocarbonyl (C=S) groups is 1. The number of ether oxygens (including phenoxy) is 1. The number of terminal acetylenes is 1. The number of anilines is 3. The molecule has 4 rings (SSSR count). The summed E-state index contributed by atoms with van der Waals surface area (Å²) in [6.07, 6.45) is 5.39. The number of fused-ring (bicyclic) bond motifs is 1. The van der Waals surface area contributed by atoms with Gasteiger partial charge >= 0.3 is 15.6 Å². The van der Waals surface area contributed by atoms with Crippen LogP contribution >= 0.6 is 12.2 Å². The van der Waals surface area contributed by atoms with Crippen molar-refractivity contribution in [1.29, 1.82) is 0 Å². The second-order valence-electron chi connectivity index (χ2n) is 9.77. The molecule has 1 aliphatic heterocycles. The third-order valence-corrected chi connectivity index (χ3v) is 7.71. The molecule has 0 saturated carbocycles. The number of hydrogen-bond donors (Lipinski definition) is 2. The van der Waals surface area contributed by atoms with Crippen molar-refractivity contribution in [1.82, 2.24) is 0 Å². The Morgan fingerprint density at radius 3 is 2.61 bits per heavy atom. The molecule has 0 bridgehead atoms. The quantitative estimate of drug-likeness (QED) is 0.178. The first-order valence-corrected chi connectivity index (χ1v) is 14.5. The number of nitrogens with one attached hydrogen (secondary N) is 2. The predicted molar refractivity (Wildman–Crippen MR) is 154 cm³/mol. The van der Waals surface area contributed by atoms with Crippen LogP contribution in [0.3, 0.4) is 0 Å². The second kappa shape index (κ2) is 12.1. The fourth-order valence-electron chi connectivity index (χ4n) is 4.81. The van der Waals surface area contributed by atoms with Gasteiger partial charge in [0.25, 0.3) is 11.1 Å². The summed E-state index contributed by atoms with van der Waals surface area (Å²) in [4.78, 5) is 14.8. The van der Waals surface area contributed by atoms with Crippen molar-refractivity contribution in [2.75, 3.05) is 22.1 Å². The van der Waals surface area contributed by atoms with E-state index >= 15 is 0 Å². The van der Waals surface area contributed by atoms with Gasteiger partial charge in [0.05, 0.1) is 12.6 Å². The van der Waals surface area contributed by atoms with E-state index in [0.717, 1.165) is 5.69 Å². The van der Waals surface area contributed by atoms with Crippen LogP contribution in [0.1, 0.15) is 49.0 Å². The molecule has 0 saturated heterocycles. The van der Waals surface area contributed by atoms with Crippen molar-refractivity contribution in [3.8, 4) is 12.3 Å². The number of alkyl halides is 3. The summed E-state index contributed by atoms with van der Waals surface area (Å²) in [5.74, 6) is 2.15. The molecule has 13 heteroatoms. The van der Waals surface area contributed by atoms with Gasteiger partial charge in [0.2, 0.25) is 0 Å². The molecule has 1 atom stereocenters. The average Bonchev–Trinajstić information content (AvgIpc) is 2.88. The lowest BCUT2D eigenvalue weighted by Crippen LogP contribution is -2.38. The van der Waals surface area contributed by atoms with Crippen LogP contribution in [0.15, 0.2) is 53.7 Å². The van der Waals surface area contributed by atoms with Gasteiger partial charge in [-0.2, -0.15) is 21.6 Å². The largest absolute Gasteiger partial charge is 0.523 e. The molecular weight excluding hydrogens is 579 g/mol. The van der Waals surface area contributed by atoms with Gasteiger partial charge in [0.1, 0.15) is 6.10 Å². The second-order valence-corrected chi connectivity index (χ2v) is 11.7. The van der Waals surface area contributed by atoms with Gasteiger partial charge in [0, 0.05) is 34.7 Å². The maximum atomic E-state index is 13.1. The molecule has 0 radical (unpaired) electrons. The van der Waals surface area contributed by atoms with E-state index in [1.807, 2.05) is 13.8 Å². The fourth-order valence-corrected chi connectivity index (χ4v) is 5.74. The summed E-state index contributed by atoms with van der Waals surface area (Å²) in [5.41, 5.74) is -1.73. The summed E-state index contributed by atoms with van der Waals surface area (Å²) < 4.78 is 72.9. The zero-order valence-corrected chi connectivity index (χ0v) is 23.9. The van der Waals surface area contributed by atoms with E-state index in [-0.39, 0.29) is 30.7 Å². The lowest BCUT2D eigenvalue weighted by atomic mass is 9.84. The van der Waals surface area contributed by atoms with Gasteiger partial charge < -0.3 is 20.3 Å². The van der Waals surface area contributed by atoms with Crippen LogP contribution in [0.2, 0.25) is 0 Å². The van der Waals surface area contributed by atoms with Crippen LogP contribution in [-0.2, 0) is 25.5 Å². The standard InChI is InChI=1S/C28H28F3N3O5S2/c1-4-13-34-23-12-11-21(32-26(35)18-7-5-8-20(14-18)33-27(40)38-17(2)3)15-19(23)16-22-24(34)9-6-10-25(22)39-41(36,37)28(29,30)31/h1,5,7-8,11-12,14-15,17,25H,6,9-10,13,16H2,2-3H3,(H,32,35)(H,33,40). The smallest absolute Gasteiger partial charge is 0.468 e. The number of carbonyl (C=O) groups is 1. The molecule has 1 unspecified atom stereocenters. The SMILES string of the molecule is C#CCN1C2=C(Cc3cc(NC(=O)c4cccc(NC(=S)OC(C)C)c4)ccc31)C(OS(=O)(=O)C(F)(F)F)CCC2. The van der Waals surface area contributed by atoms with Crippen LogP contribution in [-0.4, -0.2) is 43.8 Å². The first kappa shape index (κ1) is 30.4. The van der Waals surface area contributed by atoms with E-state index in [0.29, 0.717) is 46.6 Å². The van der Waals surface area contributed by atoms with E-state index in [9.17, 15) is 26.4 Å². The average molecular weight is 608 g/mol. The molecular formula is C28H28F3N3O5S2. The van der Waals surface area contributed by atoms with Crippen LogP contribution < -0.4 is 15.5 Å². The molecule has 1 heterocycles. The Morgan fingerprint density at radius 1 is 1.20 bits per heavy atom. The predicted octanol–water partition coefficient (Wildman–Crippen LogP) is 5.73. The van der Waals surface area contributed by atoms with Gasteiger partial charge in [-0.05, 0) is 92.9 Å². The fraction of sp³-hybridized carbons (Fsp3) is 0.357. The maximum absolute atomic E-state index is 13.1. The Balaban J connectivity index is 1.57. The lowest BCUT2D eigenvalue weighted by Gasteiger charge is -2.39. The Hall–Kier alpha value is -3.60. The number of benzene rings is 2. The van der Waals surface area contributed by atoms with E-state index in [1.54, 1.807) is 47.4 Å². The zero-order chi connectivity index (χ0) is 29.9. The normalized spacial score (nSPS) is 16.9. The topological polar surface area (TPSA) is 97.0 Å². The minimum atomic E-state index is -5.80. The number of hydrogen-bond acceptors (Lipinski definition) is 7. The third kappa shape index (κ3) is 7.01. The number of halogens is 3. The van der Waals surface area contributed by atoms with Gasteiger partial charge in [0.15, 0.2) is 0 Å². The van der Waals surface area contributed by atoms with Crippen molar-refractivity contribution in [3.05, 3.63) is 64.9 Å². The number of amides is 1. The van der Waals surface area contributed by atoms with Crippen LogP contribution in [0.25, 0.3) is 0 Å². The molecule has 8 nitrogen and oxygen atoms in total. The number of allylic oxidation sites excluding steroid dienone is 1.